The number of hydrogen-bond acceptors (Lipinski definition) is 3. The Bertz CT molecular complexity index is 418. The molecular formula is C13H18ClNO2. The third-order valence-corrected chi connectivity index (χ3v) is 2.85. The lowest BCUT2D eigenvalue weighted by molar-refractivity contribution is 0.354. The van der Waals surface area contributed by atoms with Crippen LogP contribution in [0.15, 0.2) is 24.3 Å². The van der Waals surface area contributed by atoms with Crippen LogP contribution in [-0.4, -0.2) is 21.3 Å². The summed E-state index contributed by atoms with van der Waals surface area (Å²) in [5, 5.41) is 3.71. The zero-order valence-electron chi connectivity index (χ0n) is 10.6. The minimum absolute atomic E-state index is 0.0484. The molecule has 0 heterocycles. The van der Waals surface area contributed by atoms with Crippen molar-refractivity contribution < 1.29 is 9.47 Å². The van der Waals surface area contributed by atoms with Gasteiger partial charge in [0.25, 0.3) is 0 Å². The van der Waals surface area contributed by atoms with Gasteiger partial charge in [0.1, 0.15) is 0 Å². The first kappa shape index (κ1) is 13.9. The minimum Gasteiger partial charge on any atom is -0.493 e. The average molecular weight is 256 g/mol. The Kier molecular flexibility index (Phi) is 4.85. The van der Waals surface area contributed by atoms with Crippen molar-refractivity contribution >= 4 is 11.6 Å². The van der Waals surface area contributed by atoms with E-state index in [4.69, 9.17) is 21.1 Å². The molecule has 0 radical (unpaired) electrons. The molecule has 0 fully saturated rings. The fourth-order valence-corrected chi connectivity index (χ4v) is 2.10. The van der Waals surface area contributed by atoms with E-state index in [0.717, 1.165) is 11.1 Å². The number of ether oxygens (including phenoxy) is 2. The predicted molar refractivity (Wildman–Crippen MR) is 71.2 cm³/mol. The number of hydrogen-bond donors (Lipinski definition) is 1. The summed E-state index contributed by atoms with van der Waals surface area (Å²) in [5.74, 6) is 1.17. The summed E-state index contributed by atoms with van der Waals surface area (Å²) in [6, 6.07) is 3.81. The first-order chi connectivity index (χ1) is 8.04. The second-order valence-electron chi connectivity index (χ2n) is 3.81. The lowest BCUT2D eigenvalue weighted by atomic mass is 10.0. The van der Waals surface area contributed by atoms with Crippen LogP contribution < -0.4 is 14.8 Å². The standard InChI is InChI=1S/C13H18ClNO2/c1-8(2)12(15-3)9-6-10(14)13(17-5)11(7-9)16-4/h6-7,12,15H,1H2,2-5H3. The maximum atomic E-state index is 6.16. The van der Waals surface area contributed by atoms with Crippen molar-refractivity contribution in [3.8, 4) is 11.5 Å². The third-order valence-electron chi connectivity index (χ3n) is 2.57. The van der Waals surface area contributed by atoms with Gasteiger partial charge in [-0.25, -0.2) is 0 Å². The zero-order valence-corrected chi connectivity index (χ0v) is 11.4. The Morgan fingerprint density at radius 2 is 2.00 bits per heavy atom. The normalized spacial score (nSPS) is 12.1. The van der Waals surface area contributed by atoms with E-state index in [2.05, 4.69) is 11.9 Å². The van der Waals surface area contributed by atoms with Crippen molar-refractivity contribution in [1.82, 2.24) is 5.32 Å². The molecule has 4 heteroatoms. The van der Waals surface area contributed by atoms with Crippen molar-refractivity contribution in [3.05, 3.63) is 34.9 Å². The van der Waals surface area contributed by atoms with Crippen LogP contribution in [0.25, 0.3) is 0 Å². The first-order valence-electron chi connectivity index (χ1n) is 5.29. The van der Waals surface area contributed by atoms with E-state index in [1.54, 1.807) is 14.2 Å². The molecular weight excluding hydrogens is 238 g/mol. The lowest BCUT2D eigenvalue weighted by Gasteiger charge is -2.19. The maximum absolute atomic E-state index is 6.16. The summed E-state index contributed by atoms with van der Waals surface area (Å²) >= 11 is 6.16. The number of benzene rings is 1. The van der Waals surface area contributed by atoms with Crippen molar-refractivity contribution in [2.45, 2.75) is 13.0 Å². The molecule has 0 aliphatic rings. The lowest BCUT2D eigenvalue weighted by Crippen LogP contribution is -2.17. The zero-order chi connectivity index (χ0) is 13.0. The van der Waals surface area contributed by atoms with E-state index < -0.39 is 0 Å². The second kappa shape index (κ2) is 5.94. The Morgan fingerprint density at radius 3 is 2.41 bits per heavy atom. The van der Waals surface area contributed by atoms with Crippen molar-refractivity contribution in [2.24, 2.45) is 0 Å². The van der Waals surface area contributed by atoms with Crippen LogP contribution in [0.1, 0.15) is 18.5 Å². The fraction of sp³-hybridized carbons (Fsp3) is 0.385. The Labute approximate surface area is 107 Å². The molecule has 1 rings (SSSR count). The summed E-state index contributed by atoms with van der Waals surface area (Å²) in [6.07, 6.45) is 0. The smallest absolute Gasteiger partial charge is 0.179 e. The summed E-state index contributed by atoms with van der Waals surface area (Å²) in [4.78, 5) is 0. The van der Waals surface area contributed by atoms with Gasteiger partial charge in [0, 0.05) is 0 Å². The van der Waals surface area contributed by atoms with E-state index in [0.29, 0.717) is 16.5 Å². The minimum atomic E-state index is 0.0484. The summed E-state index contributed by atoms with van der Waals surface area (Å²) in [7, 11) is 5.04. The Hall–Kier alpha value is -1.19. The molecule has 0 aliphatic heterocycles. The molecule has 1 aromatic rings. The van der Waals surface area contributed by atoms with Gasteiger partial charge in [0.05, 0.1) is 25.3 Å². The van der Waals surface area contributed by atoms with Gasteiger partial charge in [-0.2, -0.15) is 0 Å². The molecule has 0 saturated carbocycles. The molecule has 1 aromatic carbocycles. The van der Waals surface area contributed by atoms with Gasteiger partial charge < -0.3 is 14.8 Å². The quantitative estimate of drug-likeness (QED) is 0.820. The van der Waals surface area contributed by atoms with Gasteiger partial charge in [-0.3, -0.25) is 0 Å². The highest BCUT2D eigenvalue weighted by molar-refractivity contribution is 6.32. The van der Waals surface area contributed by atoms with Gasteiger partial charge in [0.15, 0.2) is 11.5 Å². The number of rotatable bonds is 5. The molecule has 1 N–H and O–H groups in total. The monoisotopic (exact) mass is 255 g/mol. The highest BCUT2D eigenvalue weighted by atomic mass is 35.5. The molecule has 3 nitrogen and oxygen atoms in total. The van der Waals surface area contributed by atoms with Crippen LogP contribution in [-0.2, 0) is 0 Å². The summed E-state index contributed by atoms with van der Waals surface area (Å²) in [5.41, 5.74) is 2.01. The largest absolute Gasteiger partial charge is 0.493 e. The van der Waals surface area contributed by atoms with Gasteiger partial charge >= 0.3 is 0 Å². The van der Waals surface area contributed by atoms with E-state index in [-0.39, 0.29) is 6.04 Å². The van der Waals surface area contributed by atoms with Crippen LogP contribution in [0.4, 0.5) is 0 Å². The van der Waals surface area contributed by atoms with Crippen LogP contribution in [0.2, 0.25) is 5.02 Å². The van der Waals surface area contributed by atoms with Crippen molar-refractivity contribution in [3.63, 3.8) is 0 Å². The number of likely N-dealkylation sites (N-methyl/N-ethyl adjacent to an activating group) is 1. The molecule has 0 bridgehead atoms. The van der Waals surface area contributed by atoms with Crippen molar-refractivity contribution in [2.75, 3.05) is 21.3 Å². The highest BCUT2D eigenvalue weighted by Crippen LogP contribution is 2.38. The van der Waals surface area contributed by atoms with Crippen LogP contribution >= 0.6 is 11.6 Å². The SMILES string of the molecule is C=C(C)C(NC)c1cc(Cl)c(OC)c(OC)c1. The average Bonchev–Trinajstić information content (AvgIpc) is 2.28. The van der Waals surface area contributed by atoms with Gasteiger partial charge in [-0.15, -0.1) is 0 Å². The predicted octanol–water partition coefficient (Wildman–Crippen LogP) is 3.19. The van der Waals surface area contributed by atoms with Gasteiger partial charge in [0.2, 0.25) is 0 Å². The number of methoxy groups -OCH3 is 2. The van der Waals surface area contributed by atoms with E-state index >= 15 is 0 Å². The maximum Gasteiger partial charge on any atom is 0.179 e. The molecule has 0 aliphatic carbocycles. The second-order valence-corrected chi connectivity index (χ2v) is 4.21. The Morgan fingerprint density at radius 1 is 1.35 bits per heavy atom. The molecule has 0 spiro atoms. The Balaban J connectivity index is 3.27. The van der Waals surface area contributed by atoms with Crippen LogP contribution in [0, 0.1) is 0 Å². The number of nitrogens with one attached hydrogen (secondary N) is 1. The number of halogens is 1. The molecule has 0 amide bonds. The van der Waals surface area contributed by atoms with Crippen LogP contribution in [0.5, 0.6) is 11.5 Å². The molecule has 1 atom stereocenters. The fourth-order valence-electron chi connectivity index (χ4n) is 1.80. The van der Waals surface area contributed by atoms with Crippen LogP contribution in [0.3, 0.4) is 0 Å². The van der Waals surface area contributed by atoms with Crippen molar-refractivity contribution in [1.29, 1.82) is 0 Å². The molecule has 0 saturated heterocycles. The first-order valence-corrected chi connectivity index (χ1v) is 5.67. The summed E-state index contributed by atoms with van der Waals surface area (Å²) < 4.78 is 10.5. The molecule has 0 aromatic heterocycles. The van der Waals surface area contributed by atoms with E-state index in [1.165, 1.54) is 0 Å². The molecule has 94 valence electrons. The topological polar surface area (TPSA) is 30.5 Å². The van der Waals surface area contributed by atoms with E-state index in [1.807, 2.05) is 26.1 Å². The molecule has 17 heavy (non-hydrogen) atoms. The van der Waals surface area contributed by atoms with E-state index in [9.17, 15) is 0 Å². The third kappa shape index (κ3) is 2.93. The highest BCUT2D eigenvalue weighted by Gasteiger charge is 2.16. The van der Waals surface area contributed by atoms with Gasteiger partial charge in [-0.05, 0) is 31.7 Å². The van der Waals surface area contributed by atoms with Gasteiger partial charge in [-0.1, -0.05) is 23.8 Å². The summed E-state index contributed by atoms with van der Waals surface area (Å²) in [6.45, 7) is 5.92. The molecule has 1 unspecified atom stereocenters.